The zero-order valence-corrected chi connectivity index (χ0v) is 12.4. The van der Waals surface area contributed by atoms with Gasteiger partial charge in [0.2, 0.25) is 0 Å². The van der Waals surface area contributed by atoms with Gasteiger partial charge in [0.05, 0.1) is 6.04 Å². The molecule has 1 nitrogen and oxygen atoms in total. The van der Waals surface area contributed by atoms with E-state index in [1.54, 1.807) is 11.1 Å². The first-order valence-corrected chi connectivity index (χ1v) is 7.70. The van der Waals surface area contributed by atoms with Gasteiger partial charge in [0.15, 0.2) is 0 Å². The second kappa shape index (κ2) is 5.80. The standard InChI is InChI=1S/C19H23N/c1-3-20-19(18-10-5-4-7-14(18)2)17-12-11-15-8-6-9-16(15)13-17/h4-5,7,10-13,19-20H,3,6,8-9H2,1-2H3. The van der Waals surface area contributed by atoms with Gasteiger partial charge in [-0.05, 0) is 60.5 Å². The molecule has 1 unspecified atom stereocenters. The minimum Gasteiger partial charge on any atom is -0.307 e. The van der Waals surface area contributed by atoms with Crippen molar-refractivity contribution >= 4 is 0 Å². The molecule has 0 fully saturated rings. The summed E-state index contributed by atoms with van der Waals surface area (Å²) in [6, 6.07) is 16.1. The van der Waals surface area contributed by atoms with Crippen LogP contribution in [0.1, 0.15) is 47.2 Å². The van der Waals surface area contributed by atoms with Crippen molar-refractivity contribution in [2.45, 2.75) is 39.2 Å². The lowest BCUT2D eigenvalue weighted by atomic mass is 9.93. The van der Waals surface area contributed by atoms with Crippen LogP contribution < -0.4 is 5.32 Å². The predicted octanol–water partition coefficient (Wildman–Crippen LogP) is 4.18. The summed E-state index contributed by atoms with van der Waals surface area (Å²) < 4.78 is 0. The molecule has 1 aliphatic carbocycles. The number of benzene rings is 2. The number of rotatable bonds is 4. The average molecular weight is 265 g/mol. The molecule has 20 heavy (non-hydrogen) atoms. The molecule has 2 aromatic carbocycles. The van der Waals surface area contributed by atoms with Crippen LogP contribution in [0.2, 0.25) is 0 Å². The molecule has 0 heterocycles. The Balaban J connectivity index is 2.01. The molecule has 1 N–H and O–H groups in total. The number of hydrogen-bond acceptors (Lipinski definition) is 1. The number of nitrogens with one attached hydrogen (secondary N) is 1. The molecule has 1 aliphatic rings. The third-order valence-electron chi connectivity index (χ3n) is 4.36. The van der Waals surface area contributed by atoms with E-state index in [2.05, 4.69) is 61.6 Å². The van der Waals surface area contributed by atoms with Gasteiger partial charge in [0, 0.05) is 0 Å². The van der Waals surface area contributed by atoms with Crippen molar-refractivity contribution < 1.29 is 0 Å². The Morgan fingerprint density at radius 2 is 1.85 bits per heavy atom. The summed E-state index contributed by atoms with van der Waals surface area (Å²) >= 11 is 0. The van der Waals surface area contributed by atoms with Crippen molar-refractivity contribution in [3.05, 3.63) is 70.3 Å². The summed E-state index contributed by atoms with van der Waals surface area (Å²) in [7, 11) is 0. The van der Waals surface area contributed by atoms with E-state index in [1.807, 2.05) is 0 Å². The highest BCUT2D eigenvalue weighted by atomic mass is 14.9. The highest BCUT2D eigenvalue weighted by Gasteiger charge is 2.18. The molecule has 0 aliphatic heterocycles. The van der Waals surface area contributed by atoms with Gasteiger partial charge in [-0.3, -0.25) is 0 Å². The number of aryl methyl sites for hydroxylation is 3. The molecule has 0 aromatic heterocycles. The molecular formula is C19H23N. The Labute approximate surface area is 122 Å². The van der Waals surface area contributed by atoms with Crippen molar-refractivity contribution in [3.8, 4) is 0 Å². The van der Waals surface area contributed by atoms with Gasteiger partial charge < -0.3 is 5.32 Å². The molecule has 0 spiro atoms. The van der Waals surface area contributed by atoms with Crippen LogP contribution in [0.25, 0.3) is 0 Å². The van der Waals surface area contributed by atoms with Gasteiger partial charge in [-0.15, -0.1) is 0 Å². The van der Waals surface area contributed by atoms with Crippen LogP contribution in [0.15, 0.2) is 42.5 Å². The largest absolute Gasteiger partial charge is 0.307 e. The second-order valence-electron chi connectivity index (χ2n) is 5.73. The van der Waals surface area contributed by atoms with Crippen molar-refractivity contribution in [1.29, 1.82) is 0 Å². The second-order valence-corrected chi connectivity index (χ2v) is 5.73. The fourth-order valence-corrected chi connectivity index (χ4v) is 3.29. The molecular weight excluding hydrogens is 242 g/mol. The van der Waals surface area contributed by atoms with Crippen LogP contribution in [-0.4, -0.2) is 6.54 Å². The zero-order valence-electron chi connectivity index (χ0n) is 12.4. The SMILES string of the molecule is CCNC(c1ccc2c(c1)CCC2)c1ccccc1C. The van der Waals surface area contributed by atoms with Gasteiger partial charge in [-0.1, -0.05) is 49.4 Å². The molecule has 1 atom stereocenters. The van der Waals surface area contributed by atoms with Crippen molar-refractivity contribution in [3.63, 3.8) is 0 Å². The smallest absolute Gasteiger partial charge is 0.0579 e. The Hall–Kier alpha value is -1.60. The first-order valence-electron chi connectivity index (χ1n) is 7.70. The predicted molar refractivity (Wildman–Crippen MR) is 85.2 cm³/mol. The fourth-order valence-electron chi connectivity index (χ4n) is 3.29. The lowest BCUT2D eigenvalue weighted by Gasteiger charge is -2.21. The molecule has 0 saturated heterocycles. The van der Waals surface area contributed by atoms with Gasteiger partial charge in [-0.25, -0.2) is 0 Å². The summed E-state index contributed by atoms with van der Waals surface area (Å²) in [5.74, 6) is 0. The minimum atomic E-state index is 0.312. The van der Waals surface area contributed by atoms with E-state index in [0.29, 0.717) is 6.04 Å². The van der Waals surface area contributed by atoms with E-state index in [-0.39, 0.29) is 0 Å². The first kappa shape index (κ1) is 13.4. The molecule has 0 amide bonds. The van der Waals surface area contributed by atoms with Gasteiger partial charge in [-0.2, -0.15) is 0 Å². The van der Waals surface area contributed by atoms with E-state index in [9.17, 15) is 0 Å². The minimum absolute atomic E-state index is 0.312. The summed E-state index contributed by atoms with van der Waals surface area (Å²) in [5.41, 5.74) is 7.26. The lowest BCUT2D eigenvalue weighted by molar-refractivity contribution is 0.627. The van der Waals surface area contributed by atoms with E-state index in [1.165, 1.54) is 36.0 Å². The van der Waals surface area contributed by atoms with Crippen LogP contribution in [0.5, 0.6) is 0 Å². The molecule has 0 radical (unpaired) electrons. The Morgan fingerprint density at radius 3 is 2.65 bits per heavy atom. The van der Waals surface area contributed by atoms with Crippen molar-refractivity contribution in [1.82, 2.24) is 5.32 Å². The summed E-state index contributed by atoms with van der Waals surface area (Å²) in [6.45, 7) is 5.36. The van der Waals surface area contributed by atoms with Gasteiger partial charge in [0.1, 0.15) is 0 Å². The number of fused-ring (bicyclic) bond motifs is 1. The van der Waals surface area contributed by atoms with E-state index in [4.69, 9.17) is 0 Å². The average Bonchev–Trinajstić information content (AvgIpc) is 2.93. The molecule has 1 heteroatoms. The molecule has 3 rings (SSSR count). The third-order valence-corrected chi connectivity index (χ3v) is 4.36. The Kier molecular flexibility index (Phi) is 3.88. The maximum atomic E-state index is 3.65. The van der Waals surface area contributed by atoms with Crippen LogP contribution in [0.4, 0.5) is 0 Å². The highest BCUT2D eigenvalue weighted by Crippen LogP contribution is 2.29. The molecule has 2 aromatic rings. The van der Waals surface area contributed by atoms with Crippen molar-refractivity contribution in [2.24, 2.45) is 0 Å². The summed E-state index contributed by atoms with van der Waals surface area (Å²) in [5, 5.41) is 3.65. The monoisotopic (exact) mass is 265 g/mol. The van der Waals surface area contributed by atoms with Gasteiger partial charge in [0.25, 0.3) is 0 Å². The van der Waals surface area contributed by atoms with E-state index >= 15 is 0 Å². The summed E-state index contributed by atoms with van der Waals surface area (Å²) in [4.78, 5) is 0. The third kappa shape index (κ3) is 2.51. The van der Waals surface area contributed by atoms with Crippen LogP contribution in [-0.2, 0) is 12.8 Å². The number of hydrogen-bond donors (Lipinski definition) is 1. The van der Waals surface area contributed by atoms with Crippen LogP contribution >= 0.6 is 0 Å². The molecule has 0 bridgehead atoms. The van der Waals surface area contributed by atoms with Crippen LogP contribution in [0, 0.1) is 6.92 Å². The van der Waals surface area contributed by atoms with E-state index < -0.39 is 0 Å². The zero-order chi connectivity index (χ0) is 13.9. The highest BCUT2D eigenvalue weighted by molar-refractivity contribution is 5.42. The topological polar surface area (TPSA) is 12.0 Å². The fraction of sp³-hybridized carbons (Fsp3) is 0.368. The normalized spacial score (nSPS) is 15.1. The molecule has 104 valence electrons. The maximum absolute atomic E-state index is 3.65. The molecule has 0 saturated carbocycles. The quantitative estimate of drug-likeness (QED) is 0.874. The first-order chi connectivity index (χ1) is 9.79. The van der Waals surface area contributed by atoms with Gasteiger partial charge >= 0.3 is 0 Å². The van der Waals surface area contributed by atoms with Crippen molar-refractivity contribution in [2.75, 3.05) is 6.54 Å². The Bertz CT molecular complexity index is 600. The van der Waals surface area contributed by atoms with Crippen LogP contribution in [0.3, 0.4) is 0 Å². The maximum Gasteiger partial charge on any atom is 0.0579 e. The summed E-state index contributed by atoms with van der Waals surface area (Å²) in [6.07, 6.45) is 3.82. The Morgan fingerprint density at radius 1 is 1.05 bits per heavy atom. The van der Waals surface area contributed by atoms with E-state index in [0.717, 1.165) is 6.54 Å². The lowest BCUT2D eigenvalue weighted by Crippen LogP contribution is -2.22.